The summed E-state index contributed by atoms with van der Waals surface area (Å²) in [5.74, 6) is -0.271. The summed E-state index contributed by atoms with van der Waals surface area (Å²) in [5, 5.41) is 14.9. The third-order valence-corrected chi connectivity index (χ3v) is 7.16. The highest BCUT2D eigenvalue weighted by molar-refractivity contribution is 7.99. The lowest BCUT2D eigenvalue weighted by molar-refractivity contribution is -0.404. The van der Waals surface area contributed by atoms with E-state index in [0.717, 1.165) is 40.6 Å². The Bertz CT molecular complexity index is 1280. The van der Waals surface area contributed by atoms with E-state index in [1.807, 2.05) is 6.92 Å². The number of nitro groups is 1. The number of non-ortho nitro benzene ring substituents is 1. The van der Waals surface area contributed by atoms with Crippen molar-refractivity contribution in [3.8, 4) is 0 Å². The SMILES string of the molecule is C=C(C)Cn1c(SCC(=O)Nc2cccc([N+](=O)[O-])c2)[nH+]c2sc3c(c2c1=O)CCC3. The highest BCUT2D eigenvalue weighted by Crippen LogP contribution is 2.34. The fourth-order valence-electron chi connectivity index (χ4n) is 3.67. The van der Waals surface area contributed by atoms with Crippen molar-refractivity contribution in [1.82, 2.24) is 4.57 Å². The maximum absolute atomic E-state index is 13.3. The van der Waals surface area contributed by atoms with E-state index < -0.39 is 4.92 Å². The fraction of sp³-hybridized carbons (Fsp3) is 0.286. The molecule has 0 radical (unpaired) electrons. The molecule has 1 aliphatic carbocycles. The molecule has 160 valence electrons. The van der Waals surface area contributed by atoms with Crippen molar-refractivity contribution in [3.05, 3.63) is 67.3 Å². The van der Waals surface area contributed by atoms with Crippen LogP contribution in [0.4, 0.5) is 11.4 Å². The van der Waals surface area contributed by atoms with Crippen molar-refractivity contribution >= 4 is 50.6 Å². The molecule has 8 nitrogen and oxygen atoms in total. The maximum atomic E-state index is 13.3. The van der Waals surface area contributed by atoms with Gasteiger partial charge in [-0.3, -0.25) is 14.9 Å². The normalized spacial score (nSPS) is 12.7. The summed E-state index contributed by atoms with van der Waals surface area (Å²) in [6.45, 7) is 6.16. The van der Waals surface area contributed by atoms with Crippen LogP contribution in [0.2, 0.25) is 0 Å². The number of carbonyl (C=O) groups is 1. The number of amides is 1. The first-order valence-electron chi connectivity index (χ1n) is 9.75. The Balaban J connectivity index is 1.58. The number of aryl methyl sites for hydroxylation is 2. The van der Waals surface area contributed by atoms with Gasteiger partial charge < -0.3 is 5.32 Å². The molecular weight excluding hydrogens is 436 g/mol. The number of nitrogens with zero attached hydrogens (tertiary/aromatic N) is 2. The maximum Gasteiger partial charge on any atom is 0.347 e. The third kappa shape index (κ3) is 4.40. The number of H-pyrrole nitrogens is 1. The molecule has 0 spiro atoms. The lowest BCUT2D eigenvalue weighted by atomic mass is 10.2. The van der Waals surface area contributed by atoms with Crippen LogP contribution in [0.25, 0.3) is 10.2 Å². The number of aromatic amines is 1. The van der Waals surface area contributed by atoms with E-state index in [0.29, 0.717) is 17.4 Å². The van der Waals surface area contributed by atoms with Gasteiger partial charge >= 0.3 is 10.7 Å². The van der Waals surface area contributed by atoms with Gasteiger partial charge in [-0.2, -0.15) is 4.57 Å². The molecule has 0 fully saturated rings. The number of thioether (sulfide) groups is 1. The second-order valence-corrected chi connectivity index (χ2v) is 9.55. The van der Waals surface area contributed by atoms with E-state index >= 15 is 0 Å². The van der Waals surface area contributed by atoms with Crippen LogP contribution >= 0.6 is 23.1 Å². The minimum atomic E-state index is -0.511. The molecule has 0 saturated heterocycles. The van der Waals surface area contributed by atoms with Gasteiger partial charge in [-0.25, -0.2) is 9.78 Å². The first kappa shape index (κ1) is 21.3. The Morgan fingerprint density at radius 1 is 1.42 bits per heavy atom. The molecule has 2 N–H and O–H groups in total. The molecule has 3 aromatic rings. The second-order valence-electron chi connectivity index (χ2n) is 7.48. The summed E-state index contributed by atoms with van der Waals surface area (Å²) in [4.78, 5) is 41.6. The van der Waals surface area contributed by atoms with Crippen molar-refractivity contribution in [2.45, 2.75) is 37.9 Å². The molecule has 0 saturated carbocycles. The zero-order chi connectivity index (χ0) is 22.1. The van der Waals surface area contributed by atoms with Gasteiger partial charge in [-0.15, -0.1) is 0 Å². The monoisotopic (exact) mass is 457 g/mol. The first-order chi connectivity index (χ1) is 14.8. The number of thiophene rings is 1. The Labute approximate surface area is 186 Å². The summed E-state index contributed by atoms with van der Waals surface area (Å²) in [6, 6.07) is 5.79. The summed E-state index contributed by atoms with van der Waals surface area (Å²) < 4.78 is 1.64. The third-order valence-electron chi connectivity index (χ3n) is 4.95. The van der Waals surface area contributed by atoms with Crippen molar-refractivity contribution < 1.29 is 14.7 Å². The lowest BCUT2D eigenvalue weighted by Crippen LogP contribution is -2.30. The van der Waals surface area contributed by atoms with Crippen LogP contribution in [0, 0.1) is 10.1 Å². The van der Waals surface area contributed by atoms with Crippen molar-refractivity contribution in [2.24, 2.45) is 0 Å². The zero-order valence-corrected chi connectivity index (χ0v) is 18.5. The number of nitro benzene ring substituents is 1. The van der Waals surface area contributed by atoms with Gasteiger partial charge in [0.25, 0.3) is 5.69 Å². The van der Waals surface area contributed by atoms with E-state index in [1.54, 1.807) is 22.0 Å². The number of fused-ring (bicyclic) bond motifs is 3. The van der Waals surface area contributed by atoms with Crippen LogP contribution in [0.15, 0.2) is 46.4 Å². The number of nitrogens with one attached hydrogen (secondary N) is 2. The van der Waals surface area contributed by atoms with Gasteiger partial charge in [0.05, 0.1) is 10.7 Å². The van der Waals surface area contributed by atoms with Crippen molar-refractivity contribution in [3.63, 3.8) is 0 Å². The molecule has 0 bridgehead atoms. The number of aromatic nitrogens is 2. The number of benzene rings is 1. The number of hydrogen-bond acceptors (Lipinski definition) is 6. The van der Waals surface area contributed by atoms with Gasteiger partial charge in [-0.1, -0.05) is 24.0 Å². The molecule has 4 rings (SSSR count). The number of rotatable bonds is 7. The molecule has 2 heterocycles. The van der Waals surface area contributed by atoms with Gasteiger partial charge in [0, 0.05) is 22.7 Å². The highest BCUT2D eigenvalue weighted by atomic mass is 32.2. The summed E-state index contributed by atoms with van der Waals surface area (Å²) in [7, 11) is 0. The number of carbonyl (C=O) groups excluding carboxylic acids is 1. The lowest BCUT2D eigenvalue weighted by Gasteiger charge is -2.07. The average molecular weight is 458 g/mol. The predicted octanol–water partition coefficient (Wildman–Crippen LogP) is 3.58. The number of allylic oxidation sites excluding steroid dienone is 1. The average Bonchev–Trinajstić information content (AvgIpc) is 3.29. The Hall–Kier alpha value is -2.98. The van der Waals surface area contributed by atoms with Crippen LogP contribution in [0.1, 0.15) is 23.8 Å². The Morgan fingerprint density at radius 2 is 2.23 bits per heavy atom. The second kappa shape index (κ2) is 8.64. The van der Waals surface area contributed by atoms with Crippen LogP contribution in [-0.2, 0) is 24.2 Å². The number of anilines is 1. The van der Waals surface area contributed by atoms with Crippen LogP contribution < -0.4 is 15.9 Å². The molecule has 0 atom stereocenters. The van der Waals surface area contributed by atoms with Crippen LogP contribution in [-0.4, -0.2) is 21.2 Å². The zero-order valence-electron chi connectivity index (χ0n) is 16.9. The van der Waals surface area contributed by atoms with Crippen molar-refractivity contribution in [1.29, 1.82) is 0 Å². The highest BCUT2D eigenvalue weighted by Gasteiger charge is 2.27. The quantitative estimate of drug-likeness (QED) is 0.192. The van der Waals surface area contributed by atoms with Crippen LogP contribution in [0.3, 0.4) is 0 Å². The molecule has 1 amide bonds. The van der Waals surface area contributed by atoms with Gasteiger partial charge in [0.15, 0.2) is 4.83 Å². The summed E-state index contributed by atoms with van der Waals surface area (Å²) in [5.41, 5.74) is 2.19. The molecule has 0 aliphatic heterocycles. The van der Waals surface area contributed by atoms with E-state index in [1.165, 1.54) is 34.8 Å². The predicted molar refractivity (Wildman–Crippen MR) is 122 cm³/mol. The van der Waals surface area contributed by atoms with Gasteiger partial charge in [-0.05, 0) is 55.2 Å². The minimum absolute atomic E-state index is 0.0470. The summed E-state index contributed by atoms with van der Waals surface area (Å²) >= 11 is 2.84. The molecule has 2 aromatic heterocycles. The van der Waals surface area contributed by atoms with Gasteiger partial charge in [0.2, 0.25) is 5.91 Å². The van der Waals surface area contributed by atoms with Crippen LogP contribution in [0.5, 0.6) is 0 Å². The molecule has 0 unspecified atom stereocenters. The van der Waals surface area contributed by atoms with E-state index in [2.05, 4.69) is 16.9 Å². The standard InChI is InChI=1S/C21H20N4O4S2/c1-12(2)10-24-20(27)18-15-7-4-8-16(15)31-19(18)23-21(24)30-11-17(26)22-13-5-3-6-14(9-13)25(28)29/h3,5-6,9H,1,4,7-8,10-11H2,2H3,(H,22,26)/p+1. The van der Waals surface area contributed by atoms with E-state index in [4.69, 9.17) is 0 Å². The molecule has 10 heteroatoms. The molecule has 1 aliphatic rings. The number of hydrogen-bond donors (Lipinski definition) is 1. The topological polar surface area (TPSA) is 108 Å². The molecule has 1 aromatic carbocycles. The summed E-state index contributed by atoms with van der Waals surface area (Å²) in [6.07, 6.45) is 2.99. The molecule has 31 heavy (non-hydrogen) atoms. The fourth-order valence-corrected chi connectivity index (χ4v) is 5.83. The Kier molecular flexibility index (Phi) is 5.92. The minimum Gasteiger partial charge on any atom is -0.325 e. The van der Waals surface area contributed by atoms with Crippen molar-refractivity contribution in [2.75, 3.05) is 11.1 Å². The largest absolute Gasteiger partial charge is 0.347 e. The molecular formula is C21H21N4O4S2+. The smallest absolute Gasteiger partial charge is 0.325 e. The first-order valence-corrected chi connectivity index (χ1v) is 11.6. The Morgan fingerprint density at radius 3 is 2.97 bits per heavy atom. The van der Waals surface area contributed by atoms with E-state index in [9.17, 15) is 19.7 Å². The van der Waals surface area contributed by atoms with E-state index in [-0.39, 0.29) is 22.9 Å². The van der Waals surface area contributed by atoms with Gasteiger partial charge in [0.1, 0.15) is 11.9 Å².